The molecule has 0 spiro atoms. The van der Waals surface area contributed by atoms with Crippen molar-refractivity contribution in [2.45, 2.75) is 193 Å². The fourth-order valence-corrected chi connectivity index (χ4v) is 9.47. The molecular weight excluding hydrogens is 1110 g/mol. The monoisotopic (exact) mass is 1200 g/mol. The van der Waals surface area contributed by atoms with Crippen molar-refractivity contribution >= 4 is 23.6 Å². The summed E-state index contributed by atoms with van der Waals surface area (Å²) in [6.45, 7) is -4.24. The van der Waals surface area contributed by atoms with Crippen molar-refractivity contribution < 1.29 is 139 Å². The second-order valence-electron chi connectivity index (χ2n) is 20.6. The second kappa shape index (κ2) is 36.1. The lowest BCUT2D eigenvalue weighted by Gasteiger charge is -2.40. The zero-order valence-corrected chi connectivity index (χ0v) is 45.6. The molecule has 1 unspecified atom stereocenters. The predicted octanol–water partition coefficient (Wildman–Crippen LogP) is -10.5. The number of unbranched alkanes of at least 4 members (excludes halogenated alkanes) is 4. The number of carbonyl (C=O) groups is 4. The number of hydrogen-bond acceptors (Lipinski definition) is 29. The van der Waals surface area contributed by atoms with Crippen LogP contribution in [0.15, 0.2) is 0 Å². The summed E-state index contributed by atoms with van der Waals surface area (Å²) < 4.78 is 43.9. The van der Waals surface area contributed by atoms with E-state index in [1.54, 1.807) is 0 Å². The maximum atomic E-state index is 13.7. The van der Waals surface area contributed by atoms with Crippen LogP contribution < -0.4 is 11.5 Å². The first-order valence-corrected chi connectivity index (χ1v) is 27.6. The Morgan fingerprint density at radius 1 is 0.378 bits per heavy atom. The maximum absolute atomic E-state index is 13.7. The normalized spacial score (nSPS) is 34.5. The highest BCUT2D eigenvalue weighted by Gasteiger charge is 2.47. The van der Waals surface area contributed by atoms with Crippen LogP contribution in [0.2, 0.25) is 0 Å². The summed E-state index contributed by atoms with van der Waals surface area (Å²) in [5, 5.41) is 161. The molecule has 0 radical (unpaired) electrons. The third kappa shape index (κ3) is 20.8. The van der Waals surface area contributed by atoms with Gasteiger partial charge in [0.25, 0.3) is 0 Å². The molecule has 4 aliphatic heterocycles. The SMILES string of the molecule is NC(=O)CCC(N)C(=O)N(CCCCCC(=O)N(CCO[C@H]1O[C@H](CO)[C@@H](O)[C@H](O)[C@@H]1O)CCO[C@H]1O[C@H](CO)[C@@H](O)[C@H](O)[C@@H]1O)CCCCCC(=O)N(CCO[C@H]1O[C@H](CO)[C@@H](O)[C@H](O)[C@@H]1O)CCO[C@H]1O[C@H](CO)[C@@H](O)[C@H](O)[C@@H]1O. The molecule has 33 heteroatoms. The van der Waals surface area contributed by atoms with Gasteiger partial charge < -0.3 is 146 Å². The van der Waals surface area contributed by atoms with Gasteiger partial charge in [0.2, 0.25) is 23.6 Å². The van der Waals surface area contributed by atoms with E-state index in [4.69, 9.17) is 49.4 Å². The molecule has 0 saturated carbocycles. The highest BCUT2D eigenvalue weighted by molar-refractivity contribution is 5.83. The van der Waals surface area contributed by atoms with Gasteiger partial charge in [0.1, 0.15) is 97.7 Å². The average Bonchev–Trinajstić information content (AvgIpc) is 3.57. The summed E-state index contributed by atoms with van der Waals surface area (Å²) in [4.78, 5) is 56.7. The standard InChI is InChI=1S/C49H89N5O28/c50-25(9-10-30(51)59)45(74)54(11-5-1-3-7-31(60)52(13-17-75-46-41(70)37(66)33(62)26(21-55)79-46)14-18-76-47-42(71)38(67)34(63)27(22-56)80-47)12-6-2-4-8-32(61)53(15-19-77-48-43(72)39(68)35(64)28(23-57)81-48)16-20-78-49-44(73)40(69)36(65)29(24-58)82-49/h25-29,33-44,46-49,55-58,62-73H,1-24,50H2,(H2,51,59)/t25?,26-,27-,28-,29-,33-,34-,35-,36-,37+,38+,39+,40+,41+,42+,43+,44+,46+,47+,48+,49+/m1/s1. The Labute approximate surface area is 472 Å². The first-order chi connectivity index (χ1) is 39.0. The fourth-order valence-electron chi connectivity index (χ4n) is 9.47. The van der Waals surface area contributed by atoms with Crippen molar-refractivity contribution in [3.63, 3.8) is 0 Å². The van der Waals surface area contributed by atoms with Crippen LogP contribution in [0.5, 0.6) is 0 Å². The van der Waals surface area contributed by atoms with Gasteiger partial charge in [0.15, 0.2) is 25.2 Å². The smallest absolute Gasteiger partial charge is 0.239 e. The number of amides is 4. The molecule has 0 aromatic rings. The number of carbonyl (C=O) groups excluding carboxylic acids is 4. The van der Waals surface area contributed by atoms with Crippen LogP contribution in [0.1, 0.15) is 64.2 Å². The summed E-state index contributed by atoms with van der Waals surface area (Å²) in [5.74, 6) is -1.98. The Bertz CT molecular complexity index is 1670. The molecular formula is C49H89N5O28. The number of primary amides is 1. The first-order valence-electron chi connectivity index (χ1n) is 27.6. The van der Waals surface area contributed by atoms with Crippen molar-refractivity contribution in [1.82, 2.24) is 14.7 Å². The van der Waals surface area contributed by atoms with Crippen molar-refractivity contribution in [2.75, 3.05) is 92.1 Å². The molecule has 4 rings (SSSR count). The molecule has 20 N–H and O–H groups in total. The molecule has 4 aliphatic rings. The minimum atomic E-state index is -1.72. The van der Waals surface area contributed by atoms with Gasteiger partial charge >= 0.3 is 0 Å². The Kier molecular flexibility index (Phi) is 31.4. The Morgan fingerprint density at radius 2 is 0.659 bits per heavy atom. The number of nitrogens with two attached hydrogens (primary N) is 2. The van der Waals surface area contributed by atoms with Crippen LogP contribution in [0.4, 0.5) is 0 Å². The largest absolute Gasteiger partial charge is 0.394 e. The Hall–Kier alpha value is -3.12. The Morgan fingerprint density at radius 3 is 0.915 bits per heavy atom. The Balaban J connectivity index is 1.33. The minimum Gasteiger partial charge on any atom is -0.394 e. The molecule has 0 aromatic heterocycles. The van der Waals surface area contributed by atoms with Gasteiger partial charge in [0.05, 0.1) is 58.9 Å². The molecule has 0 bridgehead atoms. The van der Waals surface area contributed by atoms with E-state index < -0.39 is 179 Å². The van der Waals surface area contributed by atoms with E-state index in [1.165, 1.54) is 14.7 Å². The topological polar surface area (TPSA) is 528 Å². The highest BCUT2D eigenvalue weighted by atomic mass is 16.7. The van der Waals surface area contributed by atoms with Crippen LogP contribution >= 0.6 is 0 Å². The summed E-state index contributed by atoms with van der Waals surface area (Å²) in [6, 6.07) is -1.08. The quantitative estimate of drug-likeness (QED) is 0.0259. The van der Waals surface area contributed by atoms with Gasteiger partial charge in [-0.25, -0.2) is 0 Å². The average molecular weight is 1200 g/mol. The van der Waals surface area contributed by atoms with Crippen LogP contribution in [-0.4, -0.2) is 341 Å². The van der Waals surface area contributed by atoms with Gasteiger partial charge in [-0.05, 0) is 32.1 Å². The summed E-state index contributed by atoms with van der Waals surface area (Å²) in [6.07, 6.45) is -29.4. The maximum Gasteiger partial charge on any atom is 0.239 e. The molecule has 478 valence electrons. The first kappa shape index (κ1) is 71.4. The van der Waals surface area contributed by atoms with Gasteiger partial charge in [-0.15, -0.1) is 0 Å². The third-order valence-corrected chi connectivity index (χ3v) is 14.6. The van der Waals surface area contributed by atoms with Crippen molar-refractivity contribution in [3.8, 4) is 0 Å². The molecule has 4 heterocycles. The van der Waals surface area contributed by atoms with E-state index in [0.717, 1.165) is 0 Å². The summed E-state index contributed by atoms with van der Waals surface area (Å²) >= 11 is 0. The summed E-state index contributed by atoms with van der Waals surface area (Å²) in [5.41, 5.74) is 11.5. The number of ether oxygens (including phenoxy) is 8. The van der Waals surface area contributed by atoms with E-state index >= 15 is 0 Å². The van der Waals surface area contributed by atoms with E-state index in [0.29, 0.717) is 38.5 Å². The molecule has 21 atom stereocenters. The fraction of sp³-hybridized carbons (Fsp3) is 0.918. The van der Waals surface area contributed by atoms with E-state index in [9.17, 15) is 101 Å². The lowest BCUT2D eigenvalue weighted by atomic mass is 9.99. The molecule has 0 aliphatic carbocycles. The van der Waals surface area contributed by atoms with E-state index in [-0.39, 0.29) is 91.4 Å². The van der Waals surface area contributed by atoms with Crippen LogP contribution in [0.25, 0.3) is 0 Å². The molecule has 33 nitrogen and oxygen atoms in total. The number of rotatable bonds is 36. The zero-order chi connectivity index (χ0) is 60.8. The van der Waals surface area contributed by atoms with Gasteiger partial charge in [0, 0.05) is 58.5 Å². The third-order valence-electron chi connectivity index (χ3n) is 14.6. The minimum absolute atomic E-state index is 0.0280. The number of hydrogen-bond donors (Lipinski definition) is 18. The van der Waals surface area contributed by atoms with Crippen LogP contribution in [-0.2, 0) is 57.1 Å². The van der Waals surface area contributed by atoms with Crippen molar-refractivity contribution in [2.24, 2.45) is 11.5 Å². The van der Waals surface area contributed by atoms with Gasteiger partial charge in [-0.3, -0.25) is 19.2 Å². The molecule has 4 fully saturated rings. The predicted molar refractivity (Wildman–Crippen MR) is 272 cm³/mol. The van der Waals surface area contributed by atoms with Crippen molar-refractivity contribution in [1.29, 1.82) is 0 Å². The van der Waals surface area contributed by atoms with Crippen molar-refractivity contribution in [3.05, 3.63) is 0 Å². The molecule has 4 saturated heterocycles. The lowest BCUT2D eigenvalue weighted by Crippen LogP contribution is -2.59. The number of nitrogens with zero attached hydrogens (tertiary/aromatic N) is 3. The highest BCUT2D eigenvalue weighted by Crippen LogP contribution is 2.26. The zero-order valence-electron chi connectivity index (χ0n) is 45.6. The van der Waals surface area contributed by atoms with Gasteiger partial charge in [-0.2, -0.15) is 0 Å². The molecule has 82 heavy (non-hydrogen) atoms. The number of aliphatic hydroxyl groups is 16. The van der Waals surface area contributed by atoms with Gasteiger partial charge in [-0.1, -0.05) is 12.8 Å². The molecule has 0 aromatic carbocycles. The summed E-state index contributed by atoms with van der Waals surface area (Å²) in [7, 11) is 0. The van der Waals surface area contributed by atoms with Crippen LogP contribution in [0.3, 0.4) is 0 Å². The molecule has 4 amide bonds. The number of aliphatic hydroxyl groups excluding tert-OH is 16. The van der Waals surface area contributed by atoms with E-state index in [2.05, 4.69) is 0 Å². The van der Waals surface area contributed by atoms with E-state index in [1.807, 2.05) is 0 Å². The second-order valence-corrected chi connectivity index (χ2v) is 20.6. The van der Waals surface area contributed by atoms with Crippen LogP contribution in [0, 0.1) is 0 Å². The lowest BCUT2D eigenvalue weighted by molar-refractivity contribution is -0.303.